The summed E-state index contributed by atoms with van der Waals surface area (Å²) in [6.45, 7) is 3.27. The van der Waals surface area contributed by atoms with Gasteiger partial charge in [-0.05, 0) is 32.1 Å². The Kier molecular flexibility index (Phi) is 0.762. The second-order valence-corrected chi connectivity index (χ2v) is 3.37. The topological polar surface area (TPSA) is 9.23 Å². The standard InChI is InChI=1S/C7H12O/c1-7-3-2-6(4-7)5-8-7/h6H,2-5H2,1H3/t6?,7-/m0/s1. The van der Waals surface area contributed by atoms with E-state index in [9.17, 15) is 0 Å². The molecule has 0 N–H and O–H groups in total. The van der Waals surface area contributed by atoms with Crippen molar-refractivity contribution in [1.29, 1.82) is 0 Å². The molecule has 46 valence electrons. The number of rotatable bonds is 0. The van der Waals surface area contributed by atoms with Gasteiger partial charge in [0.25, 0.3) is 0 Å². The van der Waals surface area contributed by atoms with Crippen LogP contribution in [0.15, 0.2) is 0 Å². The summed E-state index contributed by atoms with van der Waals surface area (Å²) in [7, 11) is 0. The average molecular weight is 112 g/mol. The molecule has 0 spiro atoms. The molecule has 1 heteroatoms. The summed E-state index contributed by atoms with van der Waals surface area (Å²) in [6, 6.07) is 0. The lowest BCUT2D eigenvalue weighted by atomic mass is 10.1. The maximum Gasteiger partial charge on any atom is 0.0658 e. The minimum absolute atomic E-state index is 0.310. The molecule has 1 unspecified atom stereocenters. The van der Waals surface area contributed by atoms with E-state index in [-0.39, 0.29) is 0 Å². The summed E-state index contributed by atoms with van der Waals surface area (Å²) >= 11 is 0. The molecule has 1 saturated carbocycles. The SMILES string of the molecule is C[C@@]12CCC(CO1)C2. The number of fused-ring (bicyclic) bond motifs is 2. The summed E-state index contributed by atoms with van der Waals surface area (Å²) in [4.78, 5) is 0. The number of ether oxygens (including phenoxy) is 1. The molecule has 1 aliphatic carbocycles. The van der Waals surface area contributed by atoms with Crippen molar-refractivity contribution in [3.63, 3.8) is 0 Å². The van der Waals surface area contributed by atoms with E-state index in [0.717, 1.165) is 12.5 Å². The monoisotopic (exact) mass is 112 g/mol. The zero-order valence-corrected chi connectivity index (χ0v) is 5.31. The second-order valence-electron chi connectivity index (χ2n) is 3.37. The van der Waals surface area contributed by atoms with Gasteiger partial charge < -0.3 is 4.74 Å². The van der Waals surface area contributed by atoms with Crippen molar-refractivity contribution in [1.82, 2.24) is 0 Å². The van der Waals surface area contributed by atoms with Crippen LogP contribution in [-0.2, 0) is 4.74 Å². The van der Waals surface area contributed by atoms with Gasteiger partial charge >= 0.3 is 0 Å². The lowest BCUT2D eigenvalue weighted by Gasteiger charge is -2.20. The summed E-state index contributed by atoms with van der Waals surface area (Å²) < 4.78 is 5.54. The summed E-state index contributed by atoms with van der Waals surface area (Å²) in [5.41, 5.74) is 0.310. The third-order valence-electron chi connectivity index (χ3n) is 2.47. The first kappa shape index (κ1) is 4.80. The average Bonchev–Trinajstić information content (AvgIpc) is 2.21. The lowest BCUT2D eigenvalue weighted by Crippen LogP contribution is -2.20. The molecule has 2 fully saturated rings. The zero-order valence-electron chi connectivity index (χ0n) is 5.31. The fourth-order valence-electron chi connectivity index (χ4n) is 1.92. The summed E-state index contributed by atoms with van der Waals surface area (Å²) in [6.07, 6.45) is 4.04. The van der Waals surface area contributed by atoms with Crippen LogP contribution < -0.4 is 0 Å². The third-order valence-corrected chi connectivity index (χ3v) is 2.47. The van der Waals surface area contributed by atoms with Gasteiger partial charge in [-0.25, -0.2) is 0 Å². The predicted molar refractivity (Wildman–Crippen MR) is 31.7 cm³/mol. The van der Waals surface area contributed by atoms with E-state index < -0.39 is 0 Å². The van der Waals surface area contributed by atoms with Crippen molar-refractivity contribution in [2.45, 2.75) is 31.8 Å². The van der Waals surface area contributed by atoms with Crippen molar-refractivity contribution in [2.75, 3.05) is 6.61 Å². The molecular formula is C7H12O. The van der Waals surface area contributed by atoms with Gasteiger partial charge in [0.1, 0.15) is 0 Å². The lowest BCUT2D eigenvalue weighted by molar-refractivity contribution is -0.00208. The van der Waals surface area contributed by atoms with Gasteiger partial charge in [0, 0.05) is 0 Å². The highest BCUT2D eigenvalue weighted by Gasteiger charge is 2.42. The largest absolute Gasteiger partial charge is 0.375 e. The third kappa shape index (κ3) is 0.510. The van der Waals surface area contributed by atoms with Gasteiger partial charge in [0.2, 0.25) is 0 Å². The molecular weight excluding hydrogens is 100 g/mol. The summed E-state index contributed by atoms with van der Waals surface area (Å²) in [5.74, 6) is 0.917. The second kappa shape index (κ2) is 1.27. The van der Waals surface area contributed by atoms with Crippen LogP contribution in [0.25, 0.3) is 0 Å². The summed E-state index contributed by atoms with van der Waals surface area (Å²) in [5, 5.41) is 0. The Morgan fingerprint density at radius 1 is 1.62 bits per heavy atom. The minimum Gasteiger partial charge on any atom is -0.375 e. The van der Waals surface area contributed by atoms with Crippen LogP contribution in [0.3, 0.4) is 0 Å². The zero-order chi connectivity index (χ0) is 5.61. The number of hydrogen-bond donors (Lipinski definition) is 0. The normalized spacial score (nSPS) is 52.9. The van der Waals surface area contributed by atoms with E-state index >= 15 is 0 Å². The molecule has 0 radical (unpaired) electrons. The molecule has 1 nitrogen and oxygen atoms in total. The van der Waals surface area contributed by atoms with Crippen molar-refractivity contribution in [3.05, 3.63) is 0 Å². The Bertz CT molecular complexity index is 101. The molecule has 1 saturated heterocycles. The molecule has 0 aromatic carbocycles. The van der Waals surface area contributed by atoms with E-state index in [1.54, 1.807) is 0 Å². The predicted octanol–water partition coefficient (Wildman–Crippen LogP) is 1.58. The first-order valence-corrected chi connectivity index (χ1v) is 3.42. The van der Waals surface area contributed by atoms with Gasteiger partial charge in [0.05, 0.1) is 12.2 Å². The van der Waals surface area contributed by atoms with Gasteiger partial charge in [-0.2, -0.15) is 0 Å². The van der Waals surface area contributed by atoms with Gasteiger partial charge in [-0.15, -0.1) is 0 Å². The van der Waals surface area contributed by atoms with Crippen LogP contribution in [-0.4, -0.2) is 12.2 Å². The fourth-order valence-corrected chi connectivity index (χ4v) is 1.92. The van der Waals surface area contributed by atoms with Crippen LogP contribution in [0.2, 0.25) is 0 Å². The maximum atomic E-state index is 5.54. The van der Waals surface area contributed by atoms with Crippen LogP contribution in [0.1, 0.15) is 26.2 Å². The smallest absolute Gasteiger partial charge is 0.0658 e. The number of hydrogen-bond acceptors (Lipinski definition) is 1. The Labute approximate surface area is 50.0 Å². The molecule has 1 heterocycles. The van der Waals surface area contributed by atoms with E-state index in [2.05, 4.69) is 6.92 Å². The highest BCUT2D eigenvalue weighted by Crippen LogP contribution is 2.43. The van der Waals surface area contributed by atoms with Crippen LogP contribution in [0.5, 0.6) is 0 Å². The molecule has 0 aromatic heterocycles. The van der Waals surface area contributed by atoms with E-state index in [1.807, 2.05) is 0 Å². The Hall–Kier alpha value is -0.0400. The highest BCUT2D eigenvalue weighted by atomic mass is 16.5. The van der Waals surface area contributed by atoms with E-state index in [0.29, 0.717) is 5.60 Å². The van der Waals surface area contributed by atoms with Gasteiger partial charge in [-0.3, -0.25) is 0 Å². The van der Waals surface area contributed by atoms with Gasteiger partial charge in [-0.1, -0.05) is 0 Å². The molecule has 0 aromatic rings. The highest BCUT2D eigenvalue weighted by molar-refractivity contribution is 4.92. The quantitative estimate of drug-likeness (QED) is 0.462. The van der Waals surface area contributed by atoms with Crippen LogP contribution in [0, 0.1) is 5.92 Å². The van der Waals surface area contributed by atoms with Crippen molar-refractivity contribution in [2.24, 2.45) is 5.92 Å². The van der Waals surface area contributed by atoms with E-state index in [4.69, 9.17) is 4.74 Å². The maximum absolute atomic E-state index is 5.54. The van der Waals surface area contributed by atoms with Crippen LogP contribution >= 0.6 is 0 Å². The molecule has 1 aliphatic heterocycles. The fraction of sp³-hybridized carbons (Fsp3) is 1.00. The Morgan fingerprint density at radius 2 is 2.50 bits per heavy atom. The Morgan fingerprint density at radius 3 is 2.62 bits per heavy atom. The molecule has 2 rings (SSSR count). The van der Waals surface area contributed by atoms with Crippen molar-refractivity contribution in [3.8, 4) is 0 Å². The minimum atomic E-state index is 0.310. The first-order chi connectivity index (χ1) is 3.79. The first-order valence-electron chi connectivity index (χ1n) is 3.42. The molecule has 8 heavy (non-hydrogen) atoms. The molecule has 2 aliphatic rings. The Balaban J connectivity index is 2.19. The molecule has 2 bridgehead atoms. The molecule has 0 amide bonds. The van der Waals surface area contributed by atoms with Crippen molar-refractivity contribution < 1.29 is 4.74 Å². The van der Waals surface area contributed by atoms with Crippen LogP contribution in [0.4, 0.5) is 0 Å². The molecule has 2 atom stereocenters. The van der Waals surface area contributed by atoms with Crippen molar-refractivity contribution >= 4 is 0 Å². The van der Waals surface area contributed by atoms with Gasteiger partial charge in [0.15, 0.2) is 0 Å². The van der Waals surface area contributed by atoms with E-state index in [1.165, 1.54) is 19.3 Å².